The third kappa shape index (κ3) is 3.23. The van der Waals surface area contributed by atoms with Crippen molar-refractivity contribution in [2.75, 3.05) is 5.32 Å². The number of nitrogens with one attached hydrogen (secondary N) is 1. The summed E-state index contributed by atoms with van der Waals surface area (Å²) in [6.45, 7) is 0.471. The molecule has 1 heterocycles. The number of halogens is 2. The van der Waals surface area contributed by atoms with Gasteiger partial charge in [0.1, 0.15) is 12.1 Å². The van der Waals surface area contributed by atoms with E-state index < -0.39 is 5.82 Å². The van der Waals surface area contributed by atoms with Crippen molar-refractivity contribution in [2.24, 2.45) is 0 Å². The standard InChI is InChI=1S/C16H12ClFN2O/c17-14-8-12(6-7-15(14)18)19-9-13-10-21-16(20-13)11-4-2-1-3-5-11/h1-8,10,19H,9H2. The van der Waals surface area contributed by atoms with E-state index in [1.54, 1.807) is 12.3 Å². The van der Waals surface area contributed by atoms with Crippen LogP contribution in [0.4, 0.5) is 10.1 Å². The van der Waals surface area contributed by atoms with Crippen molar-refractivity contribution in [1.29, 1.82) is 0 Å². The van der Waals surface area contributed by atoms with Gasteiger partial charge >= 0.3 is 0 Å². The molecular formula is C16H12ClFN2O. The molecule has 5 heteroatoms. The molecule has 0 bridgehead atoms. The van der Waals surface area contributed by atoms with Gasteiger partial charge in [-0.15, -0.1) is 0 Å². The summed E-state index contributed by atoms with van der Waals surface area (Å²) >= 11 is 5.73. The van der Waals surface area contributed by atoms with Crippen molar-refractivity contribution < 1.29 is 8.81 Å². The van der Waals surface area contributed by atoms with E-state index in [1.165, 1.54) is 12.1 Å². The van der Waals surface area contributed by atoms with Crippen LogP contribution in [0.2, 0.25) is 5.02 Å². The third-order valence-electron chi connectivity index (χ3n) is 2.97. The summed E-state index contributed by atoms with van der Waals surface area (Å²) in [6.07, 6.45) is 1.60. The van der Waals surface area contributed by atoms with E-state index in [1.807, 2.05) is 30.3 Å². The summed E-state index contributed by atoms with van der Waals surface area (Å²) in [5, 5.41) is 3.21. The van der Waals surface area contributed by atoms with Crippen molar-refractivity contribution in [1.82, 2.24) is 4.98 Å². The highest BCUT2D eigenvalue weighted by atomic mass is 35.5. The average molecular weight is 303 g/mol. The molecule has 1 N–H and O–H groups in total. The van der Waals surface area contributed by atoms with E-state index in [0.29, 0.717) is 12.4 Å². The Bertz CT molecular complexity index is 743. The van der Waals surface area contributed by atoms with Crippen LogP contribution >= 0.6 is 11.6 Å². The van der Waals surface area contributed by atoms with Gasteiger partial charge < -0.3 is 9.73 Å². The van der Waals surface area contributed by atoms with E-state index in [-0.39, 0.29) is 5.02 Å². The van der Waals surface area contributed by atoms with Crippen LogP contribution in [0.3, 0.4) is 0 Å². The van der Waals surface area contributed by atoms with Crippen LogP contribution in [0.15, 0.2) is 59.2 Å². The molecule has 0 amide bonds. The third-order valence-corrected chi connectivity index (χ3v) is 3.26. The van der Waals surface area contributed by atoms with Gasteiger partial charge in [-0.25, -0.2) is 9.37 Å². The SMILES string of the molecule is Fc1ccc(NCc2coc(-c3ccccc3)n2)cc1Cl. The van der Waals surface area contributed by atoms with Crippen molar-refractivity contribution in [3.05, 3.63) is 71.3 Å². The Balaban J connectivity index is 1.69. The lowest BCUT2D eigenvalue weighted by Gasteiger charge is -2.04. The fraction of sp³-hybridized carbons (Fsp3) is 0.0625. The van der Waals surface area contributed by atoms with E-state index >= 15 is 0 Å². The molecule has 0 fully saturated rings. The second-order valence-corrected chi connectivity index (χ2v) is 4.90. The number of oxazole rings is 1. The number of rotatable bonds is 4. The molecule has 0 aliphatic heterocycles. The number of nitrogens with zero attached hydrogens (tertiary/aromatic N) is 1. The first-order chi connectivity index (χ1) is 10.2. The maximum absolute atomic E-state index is 13.1. The van der Waals surface area contributed by atoms with E-state index in [9.17, 15) is 4.39 Å². The zero-order chi connectivity index (χ0) is 14.7. The monoisotopic (exact) mass is 302 g/mol. The molecule has 0 saturated carbocycles. The smallest absolute Gasteiger partial charge is 0.226 e. The van der Waals surface area contributed by atoms with Crippen LogP contribution in [-0.2, 0) is 6.54 Å². The summed E-state index contributed by atoms with van der Waals surface area (Å²) in [5.74, 6) is 0.138. The van der Waals surface area contributed by atoms with Crippen LogP contribution in [0.5, 0.6) is 0 Å². The van der Waals surface area contributed by atoms with Gasteiger partial charge in [-0.2, -0.15) is 0 Å². The molecule has 0 unspecified atom stereocenters. The topological polar surface area (TPSA) is 38.1 Å². The highest BCUT2D eigenvalue weighted by Gasteiger charge is 2.06. The van der Waals surface area contributed by atoms with Crippen molar-refractivity contribution in [3.8, 4) is 11.5 Å². The fourth-order valence-electron chi connectivity index (χ4n) is 1.90. The Morgan fingerprint density at radius 2 is 1.95 bits per heavy atom. The first-order valence-electron chi connectivity index (χ1n) is 6.41. The lowest BCUT2D eigenvalue weighted by atomic mass is 10.2. The first kappa shape index (κ1) is 13.6. The molecule has 0 spiro atoms. The summed E-state index contributed by atoms with van der Waals surface area (Å²) in [5.41, 5.74) is 2.41. The summed E-state index contributed by atoms with van der Waals surface area (Å²) < 4.78 is 18.5. The molecule has 0 radical (unpaired) electrons. The molecule has 3 rings (SSSR count). The highest BCUT2D eigenvalue weighted by molar-refractivity contribution is 6.31. The van der Waals surface area contributed by atoms with E-state index in [4.69, 9.17) is 16.0 Å². The van der Waals surface area contributed by atoms with Gasteiger partial charge in [0.2, 0.25) is 5.89 Å². The number of hydrogen-bond acceptors (Lipinski definition) is 3. The van der Waals surface area contributed by atoms with Gasteiger partial charge in [0, 0.05) is 11.3 Å². The molecule has 0 aliphatic rings. The number of anilines is 1. The Morgan fingerprint density at radius 1 is 1.14 bits per heavy atom. The van der Waals surface area contributed by atoms with Crippen LogP contribution in [-0.4, -0.2) is 4.98 Å². The number of aromatic nitrogens is 1. The highest BCUT2D eigenvalue weighted by Crippen LogP contribution is 2.21. The quantitative estimate of drug-likeness (QED) is 0.756. The summed E-state index contributed by atoms with van der Waals surface area (Å²) in [7, 11) is 0. The van der Waals surface area contributed by atoms with Crippen LogP contribution in [0.1, 0.15) is 5.69 Å². The van der Waals surface area contributed by atoms with Gasteiger partial charge in [0.25, 0.3) is 0 Å². The number of benzene rings is 2. The van der Waals surface area contributed by atoms with Crippen molar-refractivity contribution >= 4 is 17.3 Å². The molecule has 106 valence electrons. The van der Waals surface area contributed by atoms with Gasteiger partial charge in [0.15, 0.2) is 0 Å². The Hall–Kier alpha value is -2.33. The maximum atomic E-state index is 13.1. The van der Waals surface area contributed by atoms with Gasteiger partial charge in [-0.05, 0) is 30.3 Å². The predicted molar refractivity (Wildman–Crippen MR) is 80.7 cm³/mol. The molecule has 21 heavy (non-hydrogen) atoms. The zero-order valence-corrected chi connectivity index (χ0v) is 11.8. The molecule has 0 atom stereocenters. The maximum Gasteiger partial charge on any atom is 0.226 e. The predicted octanol–water partition coefficient (Wildman–Crippen LogP) is 4.75. The first-order valence-corrected chi connectivity index (χ1v) is 6.79. The molecule has 3 aromatic rings. The lowest BCUT2D eigenvalue weighted by molar-refractivity contribution is 0.573. The lowest BCUT2D eigenvalue weighted by Crippen LogP contribution is -1.99. The zero-order valence-electron chi connectivity index (χ0n) is 11.0. The summed E-state index contributed by atoms with van der Waals surface area (Å²) in [6, 6.07) is 14.1. The largest absolute Gasteiger partial charge is 0.444 e. The Morgan fingerprint density at radius 3 is 2.71 bits per heavy atom. The van der Waals surface area contributed by atoms with Crippen molar-refractivity contribution in [3.63, 3.8) is 0 Å². The second-order valence-electron chi connectivity index (χ2n) is 4.49. The molecule has 2 aromatic carbocycles. The second kappa shape index (κ2) is 5.97. The van der Waals surface area contributed by atoms with Crippen LogP contribution in [0, 0.1) is 5.82 Å². The molecular weight excluding hydrogens is 291 g/mol. The molecule has 3 nitrogen and oxygen atoms in total. The minimum absolute atomic E-state index is 0.0881. The minimum atomic E-state index is -0.435. The van der Waals surface area contributed by atoms with Crippen molar-refractivity contribution in [2.45, 2.75) is 6.54 Å². The van der Waals surface area contributed by atoms with E-state index in [0.717, 1.165) is 16.9 Å². The normalized spacial score (nSPS) is 10.6. The number of hydrogen-bond donors (Lipinski definition) is 1. The summed E-state index contributed by atoms with van der Waals surface area (Å²) in [4.78, 5) is 4.40. The minimum Gasteiger partial charge on any atom is -0.444 e. The Labute approximate surface area is 126 Å². The van der Waals surface area contributed by atoms with Gasteiger partial charge in [-0.3, -0.25) is 0 Å². The average Bonchev–Trinajstić information content (AvgIpc) is 2.98. The molecule has 0 saturated heterocycles. The van der Waals surface area contributed by atoms with Crippen LogP contribution in [0.25, 0.3) is 11.5 Å². The molecule has 1 aromatic heterocycles. The van der Waals surface area contributed by atoms with Gasteiger partial charge in [-0.1, -0.05) is 29.8 Å². The fourth-order valence-corrected chi connectivity index (χ4v) is 2.08. The van der Waals surface area contributed by atoms with Gasteiger partial charge in [0.05, 0.1) is 17.3 Å². The van der Waals surface area contributed by atoms with Crippen LogP contribution < -0.4 is 5.32 Å². The molecule has 0 aliphatic carbocycles. The Kier molecular flexibility index (Phi) is 3.88. The van der Waals surface area contributed by atoms with E-state index in [2.05, 4.69) is 10.3 Å².